The van der Waals surface area contributed by atoms with Crippen LogP contribution in [0.2, 0.25) is 0 Å². The molecule has 29 heavy (non-hydrogen) atoms. The third kappa shape index (κ3) is 8.43. The minimum atomic E-state index is -0.285. The Kier molecular flexibility index (Phi) is 9.84. The molecule has 2 aromatic rings. The fourth-order valence-corrected chi connectivity index (χ4v) is 3.05. The summed E-state index contributed by atoms with van der Waals surface area (Å²) in [5.74, 6) is -0.578. The summed E-state index contributed by atoms with van der Waals surface area (Å²) >= 11 is 0. The topological polar surface area (TPSA) is 66.8 Å². The van der Waals surface area contributed by atoms with E-state index in [9.17, 15) is 15.0 Å². The molecule has 0 unspecified atom stereocenters. The van der Waals surface area contributed by atoms with Crippen LogP contribution < -0.4 is 0 Å². The minimum absolute atomic E-state index is 0.142. The summed E-state index contributed by atoms with van der Waals surface area (Å²) in [6.07, 6.45) is 13.4. The van der Waals surface area contributed by atoms with Crippen molar-refractivity contribution in [1.29, 1.82) is 0 Å². The molecule has 0 atom stereocenters. The molecular formula is C25H32O4. The number of hydrogen-bond donors (Lipinski definition) is 2. The van der Waals surface area contributed by atoms with Gasteiger partial charge in [-0.25, -0.2) is 4.79 Å². The molecule has 0 spiro atoms. The maximum Gasteiger partial charge on any atom is 0.338 e. The van der Waals surface area contributed by atoms with Crippen LogP contribution in [0.4, 0.5) is 0 Å². The summed E-state index contributed by atoms with van der Waals surface area (Å²) in [6.45, 7) is 2.70. The Labute approximate surface area is 173 Å². The Bertz CT molecular complexity index is 778. The van der Waals surface area contributed by atoms with Gasteiger partial charge in [0.1, 0.15) is 0 Å². The van der Waals surface area contributed by atoms with Crippen LogP contribution in [0.1, 0.15) is 79.8 Å². The van der Waals surface area contributed by atoms with Gasteiger partial charge in [-0.15, -0.1) is 0 Å². The van der Waals surface area contributed by atoms with Gasteiger partial charge in [-0.1, -0.05) is 82.2 Å². The SMILES string of the molecule is CCCCCCCCCCOC(=O)c1ccc(/C=C/c2ccc(O)c(O)c2)cc1. The first-order valence-electron chi connectivity index (χ1n) is 10.6. The van der Waals surface area contributed by atoms with E-state index in [4.69, 9.17) is 4.74 Å². The van der Waals surface area contributed by atoms with Crippen molar-refractivity contribution in [2.75, 3.05) is 6.61 Å². The van der Waals surface area contributed by atoms with E-state index in [1.165, 1.54) is 50.7 Å². The van der Waals surface area contributed by atoms with Crippen LogP contribution in [-0.2, 0) is 4.74 Å². The van der Waals surface area contributed by atoms with Crippen LogP contribution >= 0.6 is 0 Å². The molecule has 0 saturated heterocycles. The zero-order chi connectivity index (χ0) is 20.9. The van der Waals surface area contributed by atoms with Crippen LogP contribution in [-0.4, -0.2) is 22.8 Å². The highest BCUT2D eigenvalue weighted by molar-refractivity contribution is 5.89. The fourth-order valence-electron chi connectivity index (χ4n) is 3.05. The molecule has 156 valence electrons. The average molecular weight is 397 g/mol. The summed E-state index contributed by atoms with van der Waals surface area (Å²) in [4.78, 5) is 12.1. The summed E-state index contributed by atoms with van der Waals surface area (Å²) in [7, 11) is 0. The van der Waals surface area contributed by atoms with Crippen molar-refractivity contribution in [3.8, 4) is 11.5 Å². The predicted molar refractivity (Wildman–Crippen MR) is 118 cm³/mol. The smallest absolute Gasteiger partial charge is 0.338 e. The molecule has 0 heterocycles. The summed E-state index contributed by atoms with van der Waals surface area (Å²) < 4.78 is 5.36. The van der Waals surface area contributed by atoms with E-state index >= 15 is 0 Å². The van der Waals surface area contributed by atoms with E-state index in [-0.39, 0.29) is 17.5 Å². The fraction of sp³-hybridized carbons (Fsp3) is 0.400. The molecule has 0 aliphatic carbocycles. The highest BCUT2D eigenvalue weighted by atomic mass is 16.5. The first-order chi connectivity index (χ1) is 14.1. The molecule has 0 radical (unpaired) electrons. The lowest BCUT2D eigenvalue weighted by Gasteiger charge is -2.05. The summed E-state index contributed by atoms with van der Waals surface area (Å²) in [5, 5.41) is 18.9. The van der Waals surface area contributed by atoms with Gasteiger partial charge >= 0.3 is 5.97 Å². The second-order valence-corrected chi connectivity index (χ2v) is 7.31. The number of carbonyl (C=O) groups excluding carboxylic acids is 1. The quantitative estimate of drug-likeness (QED) is 0.184. The lowest BCUT2D eigenvalue weighted by atomic mass is 10.1. The van der Waals surface area contributed by atoms with Gasteiger partial charge in [0.25, 0.3) is 0 Å². The molecular weight excluding hydrogens is 364 g/mol. The standard InChI is InChI=1S/C25H32O4/c1-2-3-4-5-6-7-8-9-18-29-25(28)22-15-12-20(13-16-22)10-11-21-14-17-23(26)24(27)19-21/h10-17,19,26-27H,2-9,18H2,1H3/b11-10+. The predicted octanol–water partition coefficient (Wildman–Crippen LogP) is 6.57. The van der Waals surface area contributed by atoms with E-state index in [0.29, 0.717) is 12.2 Å². The monoisotopic (exact) mass is 396 g/mol. The van der Waals surface area contributed by atoms with E-state index < -0.39 is 0 Å². The number of unbranched alkanes of at least 4 members (excludes halogenated alkanes) is 7. The van der Waals surface area contributed by atoms with E-state index in [1.54, 1.807) is 18.2 Å². The van der Waals surface area contributed by atoms with Gasteiger partial charge in [-0.05, 0) is 41.8 Å². The van der Waals surface area contributed by atoms with Crippen molar-refractivity contribution in [2.45, 2.75) is 58.3 Å². The second kappa shape index (κ2) is 12.7. The Morgan fingerprint density at radius 1 is 0.793 bits per heavy atom. The van der Waals surface area contributed by atoms with Gasteiger partial charge in [0.2, 0.25) is 0 Å². The molecule has 0 aromatic heterocycles. The van der Waals surface area contributed by atoms with Crippen molar-refractivity contribution >= 4 is 18.1 Å². The number of esters is 1. The van der Waals surface area contributed by atoms with E-state index in [1.807, 2.05) is 24.3 Å². The number of ether oxygens (including phenoxy) is 1. The van der Waals surface area contributed by atoms with Gasteiger partial charge in [-0.3, -0.25) is 0 Å². The molecule has 0 saturated carbocycles. The summed E-state index contributed by atoms with van der Waals surface area (Å²) in [5.41, 5.74) is 2.25. The Morgan fingerprint density at radius 3 is 2.03 bits per heavy atom. The zero-order valence-electron chi connectivity index (χ0n) is 17.3. The van der Waals surface area contributed by atoms with Crippen LogP contribution in [0.3, 0.4) is 0 Å². The highest BCUT2D eigenvalue weighted by Crippen LogP contribution is 2.25. The first kappa shape index (κ1) is 22.5. The molecule has 0 amide bonds. The third-order valence-corrected chi connectivity index (χ3v) is 4.85. The number of phenols is 2. The molecule has 0 aliphatic heterocycles. The van der Waals surface area contributed by atoms with Crippen LogP contribution in [0.25, 0.3) is 12.2 Å². The third-order valence-electron chi connectivity index (χ3n) is 4.85. The molecule has 0 aliphatic rings. The van der Waals surface area contributed by atoms with Gasteiger partial charge in [-0.2, -0.15) is 0 Å². The van der Waals surface area contributed by atoms with Crippen molar-refractivity contribution in [3.05, 3.63) is 59.2 Å². The van der Waals surface area contributed by atoms with Crippen molar-refractivity contribution in [1.82, 2.24) is 0 Å². The maximum absolute atomic E-state index is 12.1. The molecule has 2 aromatic carbocycles. The molecule has 4 heteroatoms. The summed E-state index contributed by atoms with van der Waals surface area (Å²) in [6, 6.07) is 11.9. The van der Waals surface area contributed by atoms with Gasteiger partial charge in [0, 0.05) is 0 Å². The number of carbonyl (C=O) groups is 1. The Morgan fingerprint density at radius 2 is 1.38 bits per heavy atom. The molecule has 2 rings (SSSR count). The highest BCUT2D eigenvalue weighted by Gasteiger charge is 2.06. The lowest BCUT2D eigenvalue weighted by molar-refractivity contribution is 0.0497. The largest absolute Gasteiger partial charge is 0.504 e. The number of rotatable bonds is 12. The van der Waals surface area contributed by atoms with Crippen molar-refractivity contribution in [3.63, 3.8) is 0 Å². The number of phenolic OH excluding ortho intramolecular Hbond substituents is 2. The van der Waals surface area contributed by atoms with Crippen molar-refractivity contribution < 1.29 is 19.7 Å². The Balaban J connectivity index is 1.70. The van der Waals surface area contributed by atoms with Gasteiger partial charge in [0.15, 0.2) is 11.5 Å². The van der Waals surface area contributed by atoms with Gasteiger partial charge < -0.3 is 14.9 Å². The van der Waals surface area contributed by atoms with Crippen LogP contribution in [0, 0.1) is 0 Å². The van der Waals surface area contributed by atoms with Crippen LogP contribution in [0.15, 0.2) is 42.5 Å². The molecule has 0 bridgehead atoms. The molecule has 2 N–H and O–H groups in total. The normalized spacial score (nSPS) is 11.1. The molecule has 4 nitrogen and oxygen atoms in total. The molecule has 0 fully saturated rings. The average Bonchev–Trinajstić information content (AvgIpc) is 2.73. The first-order valence-corrected chi connectivity index (χ1v) is 10.6. The number of aromatic hydroxyl groups is 2. The van der Waals surface area contributed by atoms with E-state index in [0.717, 1.165) is 24.0 Å². The zero-order valence-corrected chi connectivity index (χ0v) is 17.3. The number of benzene rings is 2. The second-order valence-electron chi connectivity index (χ2n) is 7.31. The number of hydrogen-bond acceptors (Lipinski definition) is 4. The Hall–Kier alpha value is -2.75. The van der Waals surface area contributed by atoms with Gasteiger partial charge in [0.05, 0.1) is 12.2 Å². The lowest BCUT2D eigenvalue weighted by Crippen LogP contribution is -2.06. The van der Waals surface area contributed by atoms with E-state index in [2.05, 4.69) is 6.92 Å². The van der Waals surface area contributed by atoms with Crippen LogP contribution in [0.5, 0.6) is 11.5 Å². The van der Waals surface area contributed by atoms with Crippen molar-refractivity contribution in [2.24, 2.45) is 0 Å². The maximum atomic E-state index is 12.1. The minimum Gasteiger partial charge on any atom is -0.504 e.